The average Bonchev–Trinajstić information content (AvgIpc) is 3.04. The molecule has 0 aliphatic heterocycles. The molecule has 3 aromatic rings. The lowest BCUT2D eigenvalue weighted by molar-refractivity contribution is -0.115. The van der Waals surface area contributed by atoms with E-state index in [4.69, 9.17) is 0 Å². The first-order chi connectivity index (χ1) is 13.2. The fourth-order valence-corrected chi connectivity index (χ4v) is 4.21. The predicted octanol–water partition coefficient (Wildman–Crippen LogP) is 4.47. The molecule has 146 valence electrons. The first-order valence-corrected chi connectivity index (χ1v) is 11.7. The monoisotopic (exact) mass is 414 g/mol. The number of sulfone groups is 1. The summed E-state index contributed by atoms with van der Waals surface area (Å²) in [6.07, 6.45) is 1.03. The van der Waals surface area contributed by atoms with Crippen LogP contribution in [0.1, 0.15) is 17.5 Å². The number of amides is 1. The maximum atomic E-state index is 12.1. The zero-order valence-corrected chi connectivity index (χ0v) is 17.7. The Bertz CT molecular complexity index is 1020. The van der Waals surface area contributed by atoms with Crippen LogP contribution < -0.4 is 5.32 Å². The molecule has 0 fully saturated rings. The molecule has 2 aromatic carbocycles. The molecular formula is C21H22N2O3S2. The van der Waals surface area contributed by atoms with Crippen LogP contribution in [0, 0.1) is 13.8 Å². The van der Waals surface area contributed by atoms with Gasteiger partial charge in [-0.15, -0.1) is 0 Å². The van der Waals surface area contributed by atoms with E-state index in [2.05, 4.69) is 10.3 Å². The smallest absolute Gasteiger partial charge is 0.227 e. The van der Waals surface area contributed by atoms with Gasteiger partial charge in [0.1, 0.15) is 9.84 Å². The van der Waals surface area contributed by atoms with E-state index in [9.17, 15) is 13.2 Å². The zero-order chi connectivity index (χ0) is 20.3. The highest BCUT2D eigenvalue weighted by Crippen LogP contribution is 2.39. The number of nitrogens with one attached hydrogen (secondary N) is 1. The number of aryl methyl sites for hydroxylation is 2. The van der Waals surface area contributed by atoms with Gasteiger partial charge in [-0.2, -0.15) is 0 Å². The molecule has 0 radical (unpaired) electrons. The molecule has 0 saturated heterocycles. The molecule has 5 nitrogen and oxygen atoms in total. The van der Waals surface area contributed by atoms with Gasteiger partial charge in [0.25, 0.3) is 0 Å². The summed E-state index contributed by atoms with van der Waals surface area (Å²) >= 11 is 1.39. The molecule has 3 rings (SSSR count). The summed E-state index contributed by atoms with van der Waals surface area (Å²) in [4.78, 5) is 17.7. The van der Waals surface area contributed by atoms with Gasteiger partial charge >= 0.3 is 0 Å². The van der Waals surface area contributed by atoms with Crippen molar-refractivity contribution in [3.8, 4) is 21.7 Å². The van der Waals surface area contributed by atoms with E-state index in [1.807, 2.05) is 62.4 Å². The Hall–Kier alpha value is -2.51. The fraction of sp³-hybridized carbons (Fsp3) is 0.238. The third-order valence-electron chi connectivity index (χ3n) is 4.21. The van der Waals surface area contributed by atoms with Gasteiger partial charge in [-0.25, -0.2) is 13.4 Å². The minimum Gasteiger partial charge on any atom is -0.302 e. The Kier molecular flexibility index (Phi) is 5.96. The Morgan fingerprint density at radius 2 is 1.50 bits per heavy atom. The summed E-state index contributed by atoms with van der Waals surface area (Å²) in [7, 11) is -3.19. The van der Waals surface area contributed by atoms with Crippen molar-refractivity contribution < 1.29 is 13.2 Å². The van der Waals surface area contributed by atoms with Gasteiger partial charge < -0.3 is 5.32 Å². The topological polar surface area (TPSA) is 76.1 Å². The highest BCUT2D eigenvalue weighted by Gasteiger charge is 2.17. The zero-order valence-electron chi connectivity index (χ0n) is 16.0. The molecule has 0 bridgehead atoms. The summed E-state index contributed by atoms with van der Waals surface area (Å²) < 4.78 is 22.6. The van der Waals surface area contributed by atoms with Crippen LogP contribution in [-0.2, 0) is 14.6 Å². The summed E-state index contributed by atoms with van der Waals surface area (Å²) in [5.74, 6) is -0.537. The van der Waals surface area contributed by atoms with E-state index in [-0.39, 0.29) is 18.1 Å². The van der Waals surface area contributed by atoms with Crippen LogP contribution in [0.4, 0.5) is 5.13 Å². The Balaban J connectivity index is 1.94. The van der Waals surface area contributed by atoms with Crippen LogP contribution >= 0.6 is 11.3 Å². The van der Waals surface area contributed by atoms with Crippen LogP contribution in [0.15, 0.2) is 48.5 Å². The van der Waals surface area contributed by atoms with E-state index >= 15 is 0 Å². The lowest BCUT2D eigenvalue weighted by Crippen LogP contribution is -2.16. The number of carbonyl (C=O) groups is 1. The highest BCUT2D eigenvalue weighted by atomic mass is 32.2. The number of thiazole rings is 1. The minimum absolute atomic E-state index is 0.0852. The van der Waals surface area contributed by atoms with Crippen LogP contribution in [0.5, 0.6) is 0 Å². The predicted molar refractivity (Wildman–Crippen MR) is 115 cm³/mol. The molecule has 1 amide bonds. The second-order valence-corrected chi connectivity index (χ2v) is 10.1. The lowest BCUT2D eigenvalue weighted by Gasteiger charge is -2.04. The van der Waals surface area contributed by atoms with Gasteiger partial charge in [-0.3, -0.25) is 4.79 Å². The standard InChI is InChI=1S/C21H22N2O3S2/c1-14-4-8-16(9-5-14)19-20(17-10-6-15(2)7-11-17)27-21(23-19)22-18(24)12-13-28(3,25)26/h4-11H,12-13H2,1-3H3,(H,22,23,24). The van der Waals surface area contributed by atoms with E-state index < -0.39 is 9.84 Å². The van der Waals surface area contributed by atoms with Crippen LogP contribution in [-0.4, -0.2) is 31.3 Å². The summed E-state index contributed by atoms with van der Waals surface area (Å²) in [5, 5.41) is 3.20. The molecule has 1 N–H and O–H groups in total. The maximum Gasteiger partial charge on any atom is 0.227 e. The third kappa shape index (κ3) is 5.27. The van der Waals surface area contributed by atoms with Crippen molar-refractivity contribution in [2.24, 2.45) is 0 Å². The minimum atomic E-state index is -3.19. The molecule has 0 atom stereocenters. The summed E-state index contributed by atoms with van der Waals surface area (Å²) in [6, 6.07) is 16.2. The lowest BCUT2D eigenvalue weighted by atomic mass is 10.0. The molecule has 0 aliphatic carbocycles. The van der Waals surface area contributed by atoms with Crippen molar-refractivity contribution in [3.63, 3.8) is 0 Å². The van der Waals surface area contributed by atoms with E-state index in [0.717, 1.165) is 33.5 Å². The molecule has 0 aliphatic rings. The molecule has 28 heavy (non-hydrogen) atoms. The van der Waals surface area contributed by atoms with Crippen molar-refractivity contribution in [2.75, 3.05) is 17.3 Å². The number of carbonyl (C=O) groups excluding carboxylic acids is 1. The van der Waals surface area contributed by atoms with Crippen molar-refractivity contribution in [2.45, 2.75) is 20.3 Å². The van der Waals surface area contributed by atoms with Crippen molar-refractivity contribution in [3.05, 3.63) is 59.7 Å². The van der Waals surface area contributed by atoms with Crippen LogP contribution in [0.2, 0.25) is 0 Å². The number of nitrogens with zero attached hydrogens (tertiary/aromatic N) is 1. The average molecular weight is 415 g/mol. The first-order valence-electron chi connectivity index (χ1n) is 8.84. The summed E-state index contributed by atoms with van der Waals surface area (Å²) in [5.41, 5.74) is 5.11. The van der Waals surface area contributed by atoms with Gasteiger partial charge in [0, 0.05) is 18.2 Å². The number of rotatable bonds is 6. The molecule has 7 heteroatoms. The fourth-order valence-electron chi connectivity index (χ4n) is 2.64. The molecule has 0 unspecified atom stereocenters. The van der Waals surface area contributed by atoms with Gasteiger partial charge in [-0.05, 0) is 19.4 Å². The van der Waals surface area contributed by atoms with Gasteiger partial charge in [0.15, 0.2) is 5.13 Å². The second-order valence-electron chi connectivity index (χ2n) is 6.86. The van der Waals surface area contributed by atoms with Crippen molar-refractivity contribution in [1.82, 2.24) is 4.98 Å². The number of aromatic nitrogens is 1. The van der Waals surface area contributed by atoms with E-state index in [1.54, 1.807) is 0 Å². The second kappa shape index (κ2) is 8.24. The molecule has 1 heterocycles. The number of hydrogen-bond acceptors (Lipinski definition) is 5. The van der Waals surface area contributed by atoms with Crippen molar-refractivity contribution in [1.29, 1.82) is 0 Å². The van der Waals surface area contributed by atoms with E-state index in [1.165, 1.54) is 16.9 Å². The molecule has 1 aromatic heterocycles. The molecular weight excluding hydrogens is 392 g/mol. The Labute approximate surface area is 169 Å². The number of benzene rings is 2. The van der Waals surface area contributed by atoms with Crippen LogP contribution in [0.3, 0.4) is 0 Å². The van der Waals surface area contributed by atoms with E-state index in [0.29, 0.717) is 5.13 Å². The van der Waals surface area contributed by atoms with Gasteiger partial charge in [-0.1, -0.05) is 71.0 Å². The highest BCUT2D eigenvalue weighted by molar-refractivity contribution is 7.90. The number of hydrogen-bond donors (Lipinski definition) is 1. The van der Waals surface area contributed by atoms with Crippen molar-refractivity contribution >= 4 is 32.2 Å². The normalized spacial score (nSPS) is 11.4. The van der Waals surface area contributed by atoms with Crippen LogP contribution in [0.25, 0.3) is 21.7 Å². The third-order valence-corrected chi connectivity index (χ3v) is 6.18. The molecule has 0 spiro atoms. The largest absolute Gasteiger partial charge is 0.302 e. The van der Waals surface area contributed by atoms with Gasteiger partial charge in [0.05, 0.1) is 16.3 Å². The Morgan fingerprint density at radius 1 is 0.964 bits per heavy atom. The number of anilines is 1. The van der Waals surface area contributed by atoms with Gasteiger partial charge in [0.2, 0.25) is 5.91 Å². The first kappa shape index (κ1) is 20.2. The Morgan fingerprint density at radius 3 is 2.04 bits per heavy atom. The SMILES string of the molecule is Cc1ccc(-c2nc(NC(=O)CCS(C)(=O)=O)sc2-c2ccc(C)cc2)cc1. The summed E-state index contributed by atoms with van der Waals surface area (Å²) in [6.45, 7) is 4.06. The maximum absolute atomic E-state index is 12.1. The quantitative estimate of drug-likeness (QED) is 0.646. The molecule has 0 saturated carbocycles.